The Morgan fingerprint density at radius 2 is 1.90 bits per heavy atom. The van der Waals surface area contributed by atoms with Gasteiger partial charge in [-0.15, -0.1) is 0 Å². The molecule has 1 nitrogen and oxygen atoms in total. The third-order valence-corrected chi connectivity index (χ3v) is 1.17. The molecule has 0 unspecified atom stereocenters. The first-order valence-corrected chi connectivity index (χ1v) is 3.10. The summed E-state index contributed by atoms with van der Waals surface area (Å²) >= 11 is 0. The predicted molar refractivity (Wildman–Crippen MR) is 41.9 cm³/mol. The average molecular weight is 130 g/mol. The second-order valence-corrected chi connectivity index (χ2v) is 1.91. The van der Waals surface area contributed by atoms with Crippen LogP contribution in [0.25, 0.3) is 6.08 Å². The van der Waals surface area contributed by atoms with Gasteiger partial charge in [-0.25, -0.2) is 0 Å². The van der Waals surface area contributed by atoms with Gasteiger partial charge in [0.15, 0.2) is 0 Å². The molecule has 0 aliphatic rings. The summed E-state index contributed by atoms with van der Waals surface area (Å²) in [6.45, 7) is 0. The van der Waals surface area contributed by atoms with Crippen molar-refractivity contribution in [3.05, 3.63) is 41.9 Å². The fourth-order valence-corrected chi connectivity index (χ4v) is 0.715. The first-order valence-electron chi connectivity index (χ1n) is 3.10. The molecule has 0 aromatic heterocycles. The van der Waals surface area contributed by atoms with Crippen LogP contribution in [0, 0.1) is 0 Å². The van der Waals surface area contributed by atoms with Gasteiger partial charge in [0.1, 0.15) is 0 Å². The van der Waals surface area contributed by atoms with Crippen LogP contribution < -0.4 is 0 Å². The van der Waals surface area contributed by atoms with Crippen molar-refractivity contribution >= 4 is 13.2 Å². The minimum atomic E-state index is 0.771. The van der Waals surface area contributed by atoms with Crippen LogP contribution >= 0.6 is 0 Å². The SMILES string of the molecule is O=B/C=C/c1ccccc1. The van der Waals surface area contributed by atoms with Gasteiger partial charge in [-0.2, -0.15) is 0 Å². The van der Waals surface area contributed by atoms with E-state index >= 15 is 0 Å². The Kier molecular flexibility index (Phi) is 2.62. The molecule has 10 heavy (non-hydrogen) atoms. The molecule has 0 saturated carbocycles. The molecule has 0 bridgehead atoms. The van der Waals surface area contributed by atoms with Crippen molar-refractivity contribution in [2.24, 2.45) is 0 Å². The summed E-state index contributed by atoms with van der Waals surface area (Å²) in [5, 5.41) is 0. The third-order valence-electron chi connectivity index (χ3n) is 1.17. The van der Waals surface area contributed by atoms with Gasteiger partial charge in [-0.05, 0) is 0 Å². The first-order chi connectivity index (χ1) is 4.93. The predicted octanol–water partition coefficient (Wildman–Crippen LogP) is 1.71. The maximum absolute atomic E-state index is 9.89. The molecular formula is C8H7BO. The van der Waals surface area contributed by atoms with E-state index in [2.05, 4.69) is 0 Å². The summed E-state index contributed by atoms with van der Waals surface area (Å²) in [4.78, 5) is 0. The Morgan fingerprint density at radius 1 is 1.20 bits per heavy atom. The van der Waals surface area contributed by atoms with Crippen LogP contribution in [-0.2, 0) is 4.70 Å². The van der Waals surface area contributed by atoms with Crippen molar-refractivity contribution in [1.29, 1.82) is 0 Å². The van der Waals surface area contributed by atoms with E-state index in [-0.39, 0.29) is 0 Å². The van der Waals surface area contributed by atoms with Crippen molar-refractivity contribution in [2.75, 3.05) is 0 Å². The monoisotopic (exact) mass is 130 g/mol. The molecule has 0 fully saturated rings. The minimum absolute atomic E-state index is 0.771. The molecule has 0 radical (unpaired) electrons. The number of hydrogen-bond acceptors (Lipinski definition) is 1. The molecule has 1 rings (SSSR count). The molecule has 0 heterocycles. The van der Waals surface area contributed by atoms with E-state index in [0.29, 0.717) is 0 Å². The zero-order valence-corrected chi connectivity index (χ0v) is 5.53. The topological polar surface area (TPSA) is 17.1 Å². The Bertz CT molecular complexity index is 228. The molecule has 1 aromatic rings. The van der Waals surface area contributed by atoms with Gasteiger partial charge in [0.2, 0.25) is 0 Å². The standard InChI is InChI=1S/C8H7BO/c10-9-7-6-8-4-2-1-3-5-8/h1-7H/b7-6+. The van der Waals surface area contributed by atoms with Crippen molar-refractivity contribution in [3.63, 3.8) is 0 Å². The average Bonchev–Trinajstić information content (AvgIpc) is 2.03. The van der Waals surface area contributed by atoms with Gasteiger partial charge >= 0.3 is 59.8 Å². The number of hydrogen-bond donors (Lipinski definition) is 0. The molecule has 0 aliphatic heterocycles. The number of benzene rings is 1. The molecule has 1 aromatic carbocycles. The van der Waals surface area contributed by atoms with Crippen LogP contribution in [0.15, 0.2) is 36.3 Å². The Balaban J connectivity index is 2.76. The van der Waals surface area contributed by atoms with Crippen LogP contribution in [-0.4, -0.2) is 7.15 Å². The first kappa shape index (κ1) is 6.94. The van der Waals surface area contributed by atoms with Crippen molar-refractivity contribution in [1.82, 2.24) is 0 Å². The van der Waals surface area contributed by atoms with E-state index in [4.69, 9.17) is 0 Å². The Labute approximate surface area is 60.6 Å². The molecule has 0 amide bonds. The van der Waals surface area contributed by atoms with E-state index < -0.39 is 0 Å². The summed E-state index contributed by atoms with van der Waals surface area (Å²) in [5.74, 6) is 1.48. The fraction of sp³-hybridized carbons (Fsp3) is 0. The van der Waals surface area contributed by atoms with Crippen LogP contribution in [0.4, 0.5) is 0 Å². The number of rotatable bonds is 2. The summed E-state index contributed by atoms with van der Waals surface area (Å²) in [6, 6.07) is 9.70. The van der Waals surface area contributed by atoms with Crippen molar-refractivity contribution in [3.8, 4) is 0 Å². The van der Waals surface area contributed by atoms with E-state index in [1.807, 2.05) is 30.3 Å². The molecule has 0 atom stereocenters. The fourth-order valence-electron chi connectivity index (χ4n) is 0.715. The van der Waals surface area contributed by atoms with Crippen molar-refractivity contribution in [2.45, 2.75) is 0 Å². The van der Waals surface area contributed by atoms with Gasteiger partial charge in [-0.1, -0.05) is 0 Å². The third kappa shape index (κ3) is 1.98. The molecule has 48 valence electrons. The van der Waals surface area contributed by atoms with Gasteiger partial charge in [0.05, 0.1) is 0 Å². The van der Waals surface area contributed by atoms with Crippen LogP contribution in [0.3, 0.4) is 0 Å². The maximum atomic E-state index is 9.89. The van der Waals surface area contributed by atoms with Gasteiger partial charge < -0.3 is 0 Å². The Morgan fingerprint density at radius 3 is 2.50 bits per heavy atom. The molecule has 0 saturated heterocycles. The van der Waals surface area contributed by atoms with Gasteiger partial charge in [0, 0.05) is 0 Å². The molecular weight excluding hydrogens is 123 g/mol. The molecule has 0 spiro atoms. The van der Waals surface area contributed by atoms with E-state index in [1.165, 1.54) is 5.98 Å². The Hall–Kier alpha value is -1.18. The summed E-state index contributed by atoms with van der Waals surface area (Å²) in [7, 11) is 0.771. The van der Waals surface area contributed by atoms with Crippen LogP contribution in [0.1, 0.15) is 5.56 Å². The summed E-state index contributed by atoms with van der Waals surface area (Å²) in [6.07, 6.45) is 1.77. The van der Waals surface area contributed by atoms with Gasteiger partial charge in [0.25, 0.3) is 0 Å². The van der Waals surface area contributed by atoms with E-state index in [1.54, 1.807) is 6.08 Å². The second-order valence-electron chi connectivity index (χ2n) is 1.91. The van der Waals surface area contributed by atoms with E-state index in [9.17, 15) is 4.70 Å². The quantitative estimate of drug-likeness (QED) is 0.556. The van der Waals surface area contributed by atoms with Crippen LogP contribution in [0.5, 0.6) is 0 Å². The van der Waals surface area contributed by atoms with Crippen LogP contribution in [0.2, 0.25) is 0 Å². The van der Waals surface area contributed by atoms with Crippen molar-refractivity contribution < 1.29 is 4.70 Å². The van der Waals surface area contributed by atoms with Gasteiger partial charge in [-0.3, -0.25) is 0 Å². The molecule has 0 aliphatic carbocycles. The summed E-state index contributed by atoms with van der Waals surface area (Å²) < 4.78 is 9.89. The molecule has 2 heteroatoms. The van der Waals surface area contributed by atoms with E-state index in [0.717, 1.165) is 12.7 Å². The normalized spacial score (nSPS) is 9.60. The second kappa shape index (κ2) is 3.78. The zero-order valence-electron chi connectivity index (χ0n) is 5.53. The molecule has 0 N–H and O–H groups in total. The summed E-state index contributed by atoms with van der Waals surface area (Å²) in [5.41, 5.74) is 1.05. The zero-order chi connectivity index (χ0) is 7.23.